The van der Waals surface area contributed by atoms with Crippen LogP contribution in [0.3, 0.4) is 0 Å². The molecule has 0 unspecified atom stereocenters. The minimum Gasteiger partial charge on any atom is -0.425 e. The van der Waals surface area contributed by atoms with Gasteiger partial charge in [-0.3, -0.25) is 14.6 Å². The topological polar surface area (TPSA) is 108 Å². The second kappa shape index (κ2) is 8.95. The van der Waals surface area contributed by atoms with E-state index in [0.717, 1.165) is 17.7 Å². The van der Waals surface area contributed by atoms with Crippen LogP contribution in [0.2, 0.25) is 0 Å². The van der Waals surface area contributed by atoms with E-state index in [1.165, 1.54) is 4.90 Å². The summed E-state index contributed by atoms with van der Waals surface area (Å²) < 4.78 is 5.29. The minimum atomic E-state index is -0.882. The van der Waals surface area contributed by atoms with Crippen molar-refractivity contribution in [2.45, 2.75) is 58.0 Å². The number of amides is 5. The summed E-state index contributed by atoms with van der Waals surface area (Å²) in [4.78, 5) is 52.0. The third-order valence-corrected chi connectivity index (χ3v) is 5.83. The second-order valence-electron chi connectivity index (χ2n) is 8.72. The maximum Gasteiger partial charge on any atom is 0.331 e. The summed E-state index contributed by atoms with van der Waals surface area (Å²) in [5.41, 5.74) is -0.257. The zero-order chi connectivity index (χ0) is 22.8. The molecule has 0 radical (unpaired) electrons. The lowest BCUT2D eigenvalue weighted by atomic mass is 9.77. The average molecular weight is 431 g/mol. The second-order valence-corrected chi connectivity index (χ2v) is 8.72. The van der Waals surface area contributed by atoms with E-state index in [1.807, 2.05) is 13.8 Å². The van der Waals surface area contributed by atoms with Crippen molar-refractivity contribution in [3.8, 4) is 5.75 Å². The number of anilines is 1. The summed E-state index contributed by atoms with van der Waals surface area (Å²) in [6, 6.07) is 5.62. The van der Waals surface area contributed by atoms with E-state index >= 15 is 0 Å². The standard InChI is InChI=1S/C22H30N4O5/c1-14(2)23-20(29)25(4)16-5-7-17(8-6-16)31-18(27)13-26-19(28)22(24-21(26)30)11-9-15(3)10-12-22/h5-8,14-15H,9-13H2,1-4H3,(H,23,29)(H,24,30). The van der Waals surface area contributed by atoms with Crippen LogP contribution in [-0.4, -0.2) is 54.0 Å². The Hall–Kier alpha value is -3.10. The number of imide groups is 1. The van der Waals surface area contributed by atoms with E-state index in [0.29, 0.717) is 24.4 Å². The molecule has 2 aliphatic rings. The Labute approximate surface area is 182 Å². The first-order valence-electron chi connectivity index (χ1n) is 10.6. The molecule has 1 saturated carbocycles. The lowest BCUT2D eigenvalue weighted by molar-refractivity contribution is -0.141. The van der Waals surface area contributed by atoms with Crippen molar-refractivity contribution in [2.75, 3.05) is 18.5 Å². The van der Waals surface area contributed by atoms with Crippen LogP contribution in [0.25, 0.3) is 0 Å². The summed E-state index contributed by atoms with van der Waals surface area (Å²) in [6.07, 6.45) is 2.90. The Bertz CT molecular complexity index is 859. The predicted octanol–water partition coefficient (Wildman–Crippen LogP) is 2.65. The molecule has 0 atom stereocenters. The molecule has 2 N–H and O–H groups in total. The van der Waals surface area contributed by atoms with Crippen LogP contribution in [0.5, 0.6) is 5.75 Å². The number of nitrogens with zero attached hydrogens (tertiary/aromatic N) is 2. The SMILES string of the molecule is CC1CCC2(CC1)NC(=O)N(CC(=O)Oc1ccc(N(C)C(=O)NC(C)C)cc1)C2=O. The summed E-state index contributed by atoms with van der Waals surface area (Å²) in [7, 11) is 1.64. The Balaban J connectivity index is 1.58. The van der Waals surface area contributed by atoms with E-state index in [9.17, 15) is 19.2 Å². The van der Waals surface area contributed by atoms with Gasteiger partial charge in [-0.05, 0) is 69.7 Å². The van der Waals surface area contributed by atoms with E-state index in [1.54, 1.807) is 31.3 Å². The van der Waals surface area contributed by atoms with Crippen LogP contribution in [0.4, 0.5) is 15.3 Å². The number of hydrogen-bond acceptors (Lipinski definition) is 5. The van der Waals surface area contributed by atoms with Crippen LogP contribution in [0.15, 0.2) is 24.3 Å². The third kappa shape index (κ3) is 4.98. The van der Waals surface area contributed by atoms with Crippen molar-refractivity contribution >= 4 is 29.6 Å². The van der Waals surface area contributed by atoms with Gasteiger partial charge in [-0.1, -0.05) is 6.92 Å². The molecule has 9 nitrogen and oxygen atoms in total. The first-order valence-corrected chi connectivity index (χ1v) is 10.6. The smallest absolute Gasteiger partial charge is 0.331 e. The van der Waals surface area contributed by atoms with Gasteiger partial charge in [0.05, 0.1) is 0 Å². The summed E-state index contributed by atoms with van der Waals surface area (Å²) in [6.45, 7) is 5.43. The molecule has 0 bridgehead atoms. The van der Waals surface area contributed by atoms with Crippen molar-refractivity contribution in [3.05, 3.63) is 24.3 Å². The van der Waals surface area contributed by atoms with Gasteiger partial charge in [-0.25, -0.2) is 14.4 Å². The Morgan fingerprint density at radius 3 is 2.42 bits per heavy atom. The molecule has 9 heteroatoms. The number of rotatable bonds is 5. The fourth-order valence-electron chi connectivity index (χ4n) is 3.91. The van der Waals surface area contributed by atoms with E-state index in [2.05, 4.69) is 17.6 Å². The van der Waals surface area contributed by atoms with Crippen molar-refractivity contribution < 1.29 is 23.9 Å². The number of nitrogens with one attached hydrogen (secondary N) is 2. The van der Waals surface area contributed by atoms with Gasteiger partial charge in [-0.15, -0.1) is 0 Å². The Morgan fingerprint density at radius 1 is 1.23 bits per heavy atom. The van der Waals surface area contributed by atoms with E-state index in [4.69, 9.17) is 4.74 Å². The van der Waals surface area contributed by atoms with Gasteiger partial charge in [0.1, 0.15) is 17.8 Å². The molecule has 1 spiro atoms. The average Bonchev–Trinajstić information content (AvgIpc) is 2.94. The molecule has 31 heavy (non-hydrogen) atoms. The molecule has 1 aliphatic carbocycles. The Morgan fingerprint density at radius 2 is 1.84 bits per heavy atom. The fraction of sp³-hybridized carbons (Fsp3) is 0.545. The lowest BCUT2D eigenvalue weighted by Gasteiger charge is -2.33. The van der Waals surface area contributed by atoms with Gasteiger partial charge >= 0.3 is 18.0 Å². The molecule has 1 aromatic carbocycles. The zero-order valence-electron chi connectivity index (χ0n) is 18.4. The minimum absolute atomic E-state index is 0.0109. The number of carbonyl (C=O) groups excluding carboxylic acids is 4. The van der Waals surface area contributed by atoms with Gasteiger partial charge in [0.15, 0.2) is 0 Å². The molecule has 1 heterocycles. The summed E-state index contributed by atoms with van der Waals surface area (Å²) in [5, 5.41) is 5.58. The molecule has 1 aromatic rings. The highest BCUT2D eigenvalue weighted by Crippen LogP contribution is 2.36. The number of hydrogen-bond donors (Lipinski definition) is 2. The highest BCUT2D eigenvalue weighted by molar-refractivity contribution is 6.08. The molecule has 1 aliphatic heterocycles. The zero-order valence-corrected chi connectivity index (χ0v) is 18.4. The molecule has 2 fully saturated rings. The van der Waals surface area contributed by atoms with E-state index < -0.39 is 24.1 Å². The van der Waals surface area contributed by atoms with Crippen molar-refractivity contribution in [2.24, 2.45) is 5.92 Å². The monoisotopic (exact) mass is 430 g/mol. The predicted molar refractivity (Wildman–Crippen MR) is 115 cm³/mol. The summed E-state index contributed by atoms with van der Waals surface area (Å²) in [5.74, 6) is -0.273. The van der Waals surface area contributed by atoms with Crippen molar-refractivity contribution in [3.63, 3.8) is 0 Å². The van der Waals surface area contributed by atoms with Crippen LogP contribution in [0.1, 0.15) is 46.5 Å². The number of esters is 1. The lowest BCUT2D eigenvalue weighted by Crippen LogP contribution is -2.49. The van der Waals surface area contributed by atoms with Gasteiger partial charge in [0, 0.05) is 18.8 Å². The quantitative estimate of drug-likeness (QED) is 0.424. The molecule has 5 amide bonds. The molecular formula is C22H30N4O5. The van der Waals surface area contributed by atoms with Gasteiger partial charge in [-0.2, -0.15) is 0 Å². The summed E-state index contributed by atoms with van der Waals surface area (Å²) >= 11 is 0. The van der Waals surface area contributed by atoms with Crippen LogP contribution in [0, 0.1) is 5.92 Å². The maximum absolute atomic E-state index is 12.8. The third-order valence-electron chi connectivity index (χ3n) is 5.83. The highest BCUT2D eigenvalue weighted by atomic mass is 16.5. The van der Waals surface area contributed by atoms with Gasteiger partial charge in [0.2, 0.25) is 0 Å². The molecule has 168 valence electrons. The number of benzene rings is 1. The molecule has 3 rings (SSSR count). The van der Waals surface area contributed by atoms with Crippen molar-refractivity contribution in [1.29, 1.82) is 0 Å². The number of ether oxygens (including phenoxy) is 1. The fourth-order valence-corrected chi connectivity index (χ4v) is 3.91. The maximum atomic E-state index is 12.8. The van der Waals surface area contributed by atoms with Gasteiger partial charge in [0.25, 0.3) is 5.91 Å². The molecule has 1 saturated heterocycles. The first-order chi connectivity index (χ1) is 14.6. The van der Waals surface area contributed by atoms with Gasteiger partial charge < -0.3 is 15.4 Å². The first kappa shape index (κ1) is 22.6. The largest absolute Gasteiger partial charge is 0.425 e. The van der Waals surface area contributed by atoms with Crippen LogP contribution < -0.4 is 20.3 Å². The Kier molecular flexibility index (Phi) is 6.52. The van der Waals surface area contributed by atoms with Crippen LogP contribution in [-0.2, 0) is 9.59 Å². The van der Waals surface area contributed by atoms with Crippen molar-refractivity contribution in [1.82, 2.24) is 15.5 Å². The number of carbonyl (C=O) groups is 4. The van der Waals surface area contributed by atoms with E-state index in [-0.39, 0.29) is 23.7 Å². The molecule has 0 aromatic heterocycles. The highest BCUT2D eigenvalue weighted by Gasteiger charge is 2.52. The molecular weight excluding hydrogens is 400 g/mol. The normalized spacial score (nSPS) is 23.1. The van der Waals surface area contributed by atoms with Crippen LogP contribution >= 0.6 is 0 Å². The number of urea groups is 2.